The molecule has 0 bridgehead atoms. The van der Waals surface area contributed by atoms with E-state index in [1.165, 1.54) is 16.7 Å². The predicted molar refractivity (Wildman–Crippen MR) is 89.3 cm³/mol. The first-order valence-electron chi connectivity index (χ1n) is 7.62. The third-order valence-corrected chi connectivity index (χ3v) is 4.40. The highest BCUT2D eigenvalue weighted by Gasteiger charge is 2.36. The number of allylic oxidation sites excluding steroid dienone is 1. The van der Waals surface area contributed by atoms with Crippen molar-refractivity contribution in [2.75, 3.05) is 27.4 Å². The minimum Gasteiger partial charge on any atom is -0.383 e. The van der Waals surface area contributed by atoms with Gasteiger partial charge in [0, 0.05) is 20.1 Å². The highest BCUT2D eigenvalue weighted by molar-refractivity contribution is 5.50. The van der Waals surface area contributed by atoms with Crippen LogP contribution in [-0.2, 0) is 14.9 Å². The van der Waals surface area contributed by atoms with E-state index in [1.54, 1.807) is 14.2 Å². The van der Waals surface area contributed by atoms with Crippen LogP contribution in [0, 0.1) is 0 Å². The highest BCUT2D eigenvalue weighted by atomic mass is 16.5. The van der Waals surface area contributed by atoms with Crippen molar-refractivity contribution < 1.29 is 9.47 Å². The molecule has 1 unspecified atom stereocenters. The lowest BCUT2D eigenvalue weighted by Gasteiger charge is -2.37. The minimum atomic E-state index is -0.203. The van der Waals surface area contributed by atoms with E-state index in [1.807, 2.05) is 0 Å². The molecular formula is C20H22O2. The van der Waals surface area contributed by atoms with E-state index in [4.69, 9.17) is 9.47 Å². The van der Waals surface area contributed by atoms with Crippen molar-refractivity contribution in [3.05, 3.63) is 83.4 Å². The molecule has 114 valence electrons. The van der Waals surface area contributed by atoms with Gasteiger partial charge in [0.2, 0.25) is 0 Å². The summed E-state index contributed by atoms with van der Waals surface area (Å²) in [6, 6.07) is 19.2. The van der Waals surface area contributed by atoms with Crippen LogP contribution in [0.25, 0.3) is 0 Å². The van der Waals surface area contributed by atoms with Crippen LogP contribution in [0.15, 0.2) is 66.7 Å². The lowest BCUT2D eigenvalue weighted by atomic mass is 9.70. The molecule has 2 heteroatoms. The van der Waals surface area contributed by atoms with Crippen molar-refractivity contribution in [3.63, 3.8) is 0 Å². The van der Waals surface area contributed by atoms with E-state index in [-0.39, 0.29) is 5.41 Å². The average Bonchev–Trinajstić information content (AvgIpc) is 2.57. The van der Waals surface area contributed by atoms with Crippen LogP contribution in [-0.4, -0.2) is 27.4 Å². The standard InChI is InChI=1S/C20H22O2/c1-21-14-20(15-22-2)13-12-17(16-8-4-3-5-9-16)18-10-6-7-11-19(18)20/h3-13,17H,14-15H2,1-2H3. The van der Waals surface area contributed by atoms with Gasteiger partial charge in [0.15, 0.2) is 0 Å². The van der Waals surface area contributed by atoms with Crippen LogP contribution in [0.2, 0.25) is 0 Å². The molecule has 0 heterocycles. The van der Waals surface area contributed by atoms with Crippen molar-refractivity contribution in [1.82, 2.24) is 0 Å². The topological polar surface area (TPSA) is 18.5 Å². The van der Waals surface area contributed by atoms with E-state index in [0.29, 0.717) is 19.1 Å². The van der Waals surface area contributed by atoms with Gasteiger partial charge in [0.25, 0.3) is 0 Å². The molecule has 2 aromatic carbocycles. The van der Waals surface area contributed by atoms with Gasteiger partial charge in [-0.1, -0.05) is 66.7 Å². The van der Waals surface area contributed by atoms with Gasteiger partial charge in [0.05, 0.1) is 18.6 Å². The number of benzene rings is 2. The SMILES string of the molecule is COCC1(COC)C=CC(c2ccccc2)c2ccccc21. The summed E-state index contributed by atoms with van der Waals surface area (Å²) in [7, 11) is 3.49. The molecule has 22 heavy (non-hydrogen) atoms. The van der Waals surface area contributed by atoms with Crippen molar-refractivity contribution >= 4 is 0 Å². The molecule has 0 aliphatic heterocycles. The number of methoxy groups -OCH3 is 2. The van der Waals surface area contributed by atoms with Gasteiger partial charge in [-0.3, -0.25) is 0 Å². The van der Waals surface area contributed by atoms with Crippen LogP contribution in [0.3, 0.4) is 0 Å². The zero-order valence-corrected chi connectivity index (χ0v) is 13.2. The van der Waals surface area contributed by atoms with Gasteiger partial charge < -0.3 is 9.47 Å². The van der Waals surface area contributed by atoms with Gasteiger partial charge in [-0.25, -0.2) is 0 Å². The van der Waals surface area contributed by atoms with Crippen molar-refractivity contribution in [2.45, 2.75) is 11.3 Å². The first kappa shape index (κ1) is 15.0. The summed E-state index contributed by atoms with van der Waals surface area (Å²) in [5, 5.41) is 0. The lowest BCUT2D eigenvalue weighted by Crippen LogP contribution is -2.37. The Morgan fingerprint density at radius 1 is 0.864 bits per heavy atom. The summed E-state index contributed by atoms with van der Waals surface area (Å²) >= 11 is 0. The largest absolute Gasteiger partial charge is 0.383 e. The van der Waals surface area contributed by atoms with E-state index in [2.05, 4.69) is 66.7 Å². The van der Waals surface area contributed by atoms with Crippen LogP contribution in [0.1, 0.15) is 22.6 Å². The molecule has 0 saturated heterocycles. The summed E-state index contributed by atoms with van der Waals surface area (Å²) in [6.45, 7) is 1.24. The number of rotatable bonds is 5. The molecule has 2 nitrogen and oxygen atoms in total. The third-order valence-electron chi connectivity index (χ3n) is 4.40. The summed E-state index contributed by atoms with van der Waals surface area (Å²) < 4.78 is 11.0. The fourth-order valence-corrected chi connectivity index (χ4v) is 3.46. The summed E-state index contributed by atoms with van der Waals surface area (Å²) in [5.41, 5.74) is 3.75. The van der Waals surface area contributed by atoms with E-state index in [9.17, 15) is 0 Å². The molecule has 0 spiro atoms. The quantitative estimate of drug-likeness (QED) is 0.778. The van der Waals surface area contributed by atoms with Gasteiger partial charge in [-0.15, -0.1) is 0 Å². The Hall–Kier alpha value is -1.90. The van der Waals surface area contributed by atoms with Crippen molar-refractivity contribution in [3.8, 4) is 0 Å². The van der Waals surface area contributed by atoms with E-state index in [0.717, 1.165) is 0 Å². The molecule has 0 amide bonds. The molecule has 2 aromatic rings. The van der Waals surface area contributed by atoms with Gasteiger partial charge >= 0.3 is 0 Å². The molecule has 1 aliphatic carbocycles. The molecule has 0 saturated carbocycles. The normalized spacial score (nSPS) is 18.9. The van der Waals surface area contributed by atoms with Gasteiger partial charge in [-0.05, 0) is 16.7 Å². The Kier molecular flexibility index (Phi) is 4.41. The number of ether oxygens (including phenoxy) is 2. The minimum absolute atomic E-state index is 0.203. The molecule has 0 N–H and O–H groups in total. The van der Waals surface area contributed by atoms with E-state index >= 15 is 0 Å². The zero-order chi connectivity index (χ0) is 15.4. The first-order valence-corrected chi connectivity index (χ1v) is 7.62. The molecule has 1 atom stereocenters. The maximum Gasteiger partial charge on any atom is 0.0616 e. The molecule has 0 aromatic heterocycles. The third kappa shape index (κ3) is 2.60. The van der Waals surface area contributed by atoms with Crippen LogP contribution >= 0.6 is 0 Å². The molecular weight excluding hydrogens is 272 g/mol. The monoisotopic (exact) mass is 294 g/mol. The summed E-state index contributed by atoms with van der Waals surface area (Å²) in [5.74, 6) is 0.291. The Labute approximate surface area is 132 Å². The second-order valence-electron chi connectivity index (χ2n) is 5.86. The van der Waals surface area contributed by atoms with Crippen LogP contribution in [0.5, 0.6) is 0 Å². The lowest BCUT2D eigenvalue weighted by molar-refractivity contribution is 0.0816. The number of hydrogen-bond acceptors (Lipinski definition) is 2. The maximum atomic E-state index is 5.50. The summed E-state index contributed by atoms with van der Waals surface area (Å²) in [6.07, 6.45) is 4.55. The Balaban J connectivity index is 2.10. The van der Waals surface area contributed by atoms with Crippen molar-refractivity contribution in [2.24, 2.45) is 0 Å². The fraction of sp³-hybridized carbons (Fsp3) is 0.300. The highest BCUT2D eigenvalue weighted by Crippen LogP contribution is 2.41. The van der Waals surface area contributed by atoms with Crippen molar-refractivity contribution in [1.29, 1.82) is 0 Å². The van der Waals surface area contributed by atoms with Crippen LogP contribution in [0.4, 0.5) is 0 Å². The average molecular weight is 294 g/mol. The molecule has 3 rings (SSSR count). The zero-order valence-electron chi connectivity index (χ0n) is 13.2. The van der Waals surface area contributed by atoms with Gasteiger partial charge in [-0.2, -0.15) is 0 Å². The Morgan fingerprint density at radius 3 is 2.18 bits per heavy atom. The maximum absolute atomic E-state index is 5.50. The Bertz CT molecular complexity index is 640. The van der Waals surface area contributed by atoms with Crippen LogP contribution < -0.4 is 0 Å². The number of hydrogen-bond donors (Lipinski definition) is 0. The number of fused-ring (bicyclic) bond motifs is 1. The first-order chi connectivity index (χ1) is 10.8. The molecule has 1 aliphatic rings. The molecule has 0 fully saturated rings. The smallest absolute Gasteiger partial charge is 0.0616 e. The second kappa shape index (κ2) is 6.47. The predicted octanol–water partition coefficient (Wildman–Crippen LogP) is 3.92. The second-order valence-corrected chi connectivity index (χ2v) is 5.86. The van der Waals surface area contributed by atoms with E-state index < -0.39 is 0 Å². The molecule has 0 radical (unpaired) electrons. The summed E-state index contributed by atoms with van der Waals surface area (Å²) in [4.78, 5) is 0. The fourth-order valence-electron chi connectivity index (χ4n) is 3.46. The Morgan fingerprint density at radius 2 is 1.50 bits per heavy atom. The van der Waals surface area contributed by atoms with Gasteiger partial charge in [0.1, 0.15) is 0 Å².